The summed E-state index contributed by atoms with van der Waals surface area (Å²) in [5.41, 5.74) is 2.40. The van der Waals surface area contributed by atoms with Gasteiger partial charge in [0.1, 0.15) is 0 Å². The molecule has 116 valence electrons. The van der Waals surface area contributed by atoms with Gasteiger partial charge in [-0.1, -0.05) is 18.2 Å². The third-order valence-corrected chi connectivity index (χ3v) is 4.07. The van der Waals surface area contributed by atoms with Gasteiger partial charge in [0, 0.05) is 12.2 Å². The van der Waals surface area contributed by atoms with E-state index in [4.69, 9.17) is 0 Å². The number of rotatable bonds is 4. The first kappa shape index (κ1) is 14.8. The summed E-state index contributed by atoms with van der Waals surface area (Å²) in [6.07, 6.45) is 2.35. The highest BCUT2D eigenvalue weighted by atomic mass is 16.1. The summed E-state index contributed by atoms with van der Waals surface area (Å²) in [5.74, 6) is 0.429. The zero-order chi connectivity index (χ0) is 15.4. The molecule has 1 saturated heterocycles. The third-order valence-electron chi connectivity index (χ3n) is 4.07. The second kappa shape index (κ2) is 6.75. The second-order valence-corrected chi connectivity index (χ2v) is 5.84. The van der Waals surface area contributed by atoms with Crippen LogP contribution in [0.15, 0.2) is 36.4 Å². The number of piperidine rings is 1. The van der Waals surface area contributed by atoms with Gasteiger partial charge in [0.05, 0.1) is 5.69 Å². The first-order valence-corrected chi connectivity index (χ1v) is 7.85. The van der Waals surface area contributed by atoms with E-state index < -0.39 is 0 Å². The molecule has 3 rings (SSSR count). The van der Waals surface area contributed by atoms with E-state index in [9.17, 15) is 4.79 Å². The van der Waals surface area contributed by atoms with Crippen molar-refractivity contribution in [2.75, 3.05) is 19.6 Å². The van der Waals surface area contributed by atoms with Gasteiger partial charge in [-0.25, -0.2) is 4.68 Å². The lowest BCUT2D eigenvalue weighted by Gasteiger charge is -2.22. The minimum absolute atomic E-state index is 0.0941. The molecule has 1 unspecified atom stereocenters. The average molecular weight is 298 g/mol. The number of amides is 1. The number of hydrogen-bond donors (Lipinski definition) is 2. The normalized spacial score (nSPS) is 18.1. The summed E-state index contributed by atoms with van der Waals surface area (Å²) < 4.78 is 1.80. The van der Waals surface area contributed by atoms with Crippen LogP contribution < -0.4 is 10.6 Å². The van der Waals surface area contributed by atoms with Crippen LogP contribution in [0.2, 0.25) is 0 Å². The summed E-state index contributed by atoms with van der Waals surface area (Å²) in [4.78, 5) is 12.3. The highest BCUT2D eigenvalue weighted by Crippen LogP contribution is 2.12. The van der Waals surface area contributed by atoms with Crippen LogP contribution in [-0.4, -0.2) is 35.3 Å². The molecule has 2 heterocycles. The summed E-state index contributed by atoms with van der Waals surface area (Å²) in [5, 5.41) is 10.8. The van der Waals surface area contributed by atoms with E-state index in [-0.39, 0.29) is 5.91 Å². The molecule has 0 bridgehead atoms. The molecular formula is C17H22N4O. The molecule has 5 heteroatoms. The smallest absolute Gasteiger partial charge is 0.271 e. The van der Waals surface area contributed by atoms with Crippen LogP contribution in [0, 0.1) is 12.8 Å². The minimum Gasteiger partial charge on any atom is -0.350 e. The lowest BCUT2D eigenvalue weighted by atomic mass is 10.00. The van der Waals surface area contributed by atoms with E-state index in [1.807, 2.05) is 43.3 Å². The molecule has 1 aromatic heterocycles. The van der Waals surface area contributed by atoms with E-state index in [0.717, 1.165) is 24.5 Å². The third kappa shape index (κ3) is 3.36. The Bertz CT molecular complexity index is 629. The number of carbonyl (C=O) groups is 1. The van der Waals surface area contributed by atoms with Crippen LogP contribution in [0.25, 0.3) is 5.69 Å². The Hall–Kier alpha value is -2.14. The fourth-order valence-electron chi connectivity index (χ4n) is 2.84. The Labute approximate surface area is 130 Å². The van der Waals surface area contributed by atoms with E-state index in [0.29, 0.717) is 18.2 Å². The van der Waals surface area contributed by atoms with Gasteiger partial charge in [-0.05, 0) is 57.0 Å². The van der Waals surface area contributed by atoms with Gasteiger partial charge < -0.3 is 10.6 Å². The Kier molecular flexibility index (Phi) is 4.53. The SMILES string of the molecule is Cc1cc(C(=O)NCC2CCCNC2)nn1-c1ccccc1. The summed E-state index contributed by atoms with van der Waals surface area (Å²) in [6.45, 7) is 4.74. The number of nitrogens with one attached hydrogen (secondary N) is 2. The van der Waals surface area contributed by atoms with Gasteiger partial charge in [0.2, 0.25) is 0 Å². The quantitative estimate of drug-likeness (QED) is 0.906. The van der Waals surface area contributed by atoms with Crippen molar-refractivity contribution in [2.24, 2.45) is 5.92 Å². The van der Waals surface area contributed by atoms with Crippen molar-refractivity contribution < 1.29 is 4.79 Å². The number of nitrogens with zero attached hydrogens (tertiary/aromatic N) is 2. The number of aryl methyl sites for hydroxylation is 1. The fraction of sp³-hybridized carbons (Fsp3) is 0.412. The molecule has 2 aromatic rings. The van der Waals surface area contributed by atoms with Gasteiger partial charge >= 0.3 is 0 Å². The molecule has 1 amide bonds. The lowest BCUT2D eigenvalue weighted by molar-refractivity contribution is 0.0939. The molecule has 0 radical (unpaired) electrons. The van der Waals surface area contributed by atoms with Crippen LogP contribution in [-0.2, 0) is 0 Å². The van der Waals surface area contributed by atoms with E-state index in [1.165, 1.54) is 12.8 Å². The molecule has 22 heavy (non-hydrogen) atoms. The summed E-state index contributed by atoms with van der Waals surface area (Å²) in [6, 6.07) is 11.7. The van der Waals surface area contributed by atoms with Crippen LogP contribution in [0.1, 0.15) is 29.0 Å². The largest absolute Gasteiger partial charge is 0.350 e. The standard InChI is InChI=1S/C17H22N4O/c1-13-10-16(20-21(13)15-7-3-2-4-8-15)17(22)19-12-14-6-5-9-18-11-14/h2-4,7-8,10,14,18H,5-6,9,11-12H2,1H3,(H,19,22). The first-order valence-electron chi connectivity index (χ1n) is 7.85. The lowest BCUT2D eigenvalue weighted by Crippen LogP contribution is -2.38. The predicted octanol–water partition coefficient (Wildman–Crippen LogP) is 1.91. The maximum Gasteiger partial charge on any atom is 0.271 e. The van der Waals surface area contributed by atoms with Crippen molar-refractivity contribution >= 4 is 5.91 Å². The molecule has 1 atom stereocenters. The van der Waals surface area contributed by atoms with Crippen LogP contribution >= 0.6 is 0 Å². The zero-order valence-electron chi connectivity index (χ0n) is 12.9. The molecule has 1 aromatic carbocycles. The van der Waals surface area contributed by atoms with Crippen molar-refractivity contribution in [3.05, 3.63) is 47.8 Å². The zero-order valence-corrected chi connectivity index (χ0v) is 12.9. The number of aromatic nitrogens is 2. The molecule has 1 aliphatic rings. The predicted molar refractivity (Wildman–Crippen MR) is 86.2 cm³/mol. The van der Waals surface area contributed by atoms with E-state index in [2.05, 4.69) is 15.7 Å². The minimum atomic E-state index is -0.0941. The molecule has 0 aliphatic carbocycles. The molecule has 0 spiro atoms. The highest BCUT2D eigenvalue weighted by molar-refractivity contribution is 5.92. The molecule has 2 N–H and O–H groups in total. The van der Waals surface area contributed by atoms with Crippen molar-refractivity contribution in [2.45, 2.75) is 19.8 Å². The topological polar surface area (TPSA) is 59.0 Å². The molecule has 0 saturated carbocycles. The molecule has 5 nitrogen and oxygen atoms in total. The first-order chi connectivity index (χ1) is 10.7. The van der Waals surface area contributed by atoms with Gasteiger partial charge in [0.25, 0.3) is 5.91 Å². The Balaban J connectivity index is 1.66. The second-order valence-electron chi connectivity index (χ2n) is 5.84. The maximum absolute atomic E-state index is 12.3. The summed E-state index contributed by atoms with van der Waals surface area (Å²) >= 11 is 0. The van der Waals surface area contributed by atoms with Crippen LogP contribution in [0.5, 0.6) is 0 Å². The van der Waals surface area contributed by atoms with E-state index in [1.54, 1.807) is 4.68 Å². The Morgan fingerprint density at radius 1 is 1.41 bits per heavy atom. The van der Waals surface area contributed by atoms with Crippen LogP contribution in [0.3, 0.4) is 0 Å². The Morgan fingerprint density at radius 3 is 2.95 bits per heavy atom. The maximum atomic E-state index is 12.3. The van der Waals surface area contributed by atoms with Crippen molar-refractivity contribution in [3.63, 3.8) is 0 Å². The number of benzene rings is 1. The van der Waals surface area contributed by atoms with Crippen molar-refractivity contribution in [3.8, 4) is 5.69 Å². The number of para-hydroxylation sites is 1. The molecule has 1 aliphatic heterocycles. The summed E-state index contributed by atoms with van der Waals surface area (Å²) in [7, 11) is 0. The molecule has 1 fully saturated rings. The monoisotopic (exact) mass is 298 g/mol. The van der Waals surface area contributed by atoms with Gasteiger partial charge in [0.15, 0.2) is 5.69 Å². The van der Waals surface area contributed by atoms with Crippen LogP contribution in [0.4, 0.5) is 0 Å². The number of hydrogen-bond acceptors (Lipinski definition) is 3. The van der Waals surface area contributed by atoms with Crippen molar-refractivity contribution in [1.29, 1.82) is 0 Å². The van der Waals surface area contributed by atoms with Gasteiger partial charge in [-0.15, -0.1) is 0 Å². The van der Waals surface area contributed by atoms with Gasteiger partial charge in [-0.3, -0.25) is 4.79 Å². The molecular weight excluding hydrogens is 276 g/mol. The highest BCUT2D eigenvalue weighted by Gasteiger charge is 2.17. The van der Waals surface area contributed by atoms with E-state index >= 15 is 0 Å². The fourth-order valence-corrected chi connectivity index (χ4v) is 2.84. The van der Waals surface area contributed by atoms with Crippen molar-refractivity contribution in [1.82, 2.24) is 20.4 Å². The average Bonchev–Trinajstić information content (AvgIpc) is 2.96. The number of carbonyl (C=O) groups excluding carboxylic acids is 1. The van der Waals surface area contributed by atoms with Gasteiger partial charge in [-0.2, -0.15) is 5.10 Å². The Morgan fingerprint density at radius 2 is 2.23 bits per heavy atom.